The lowest BCUT2D eigenvalue weighted by molar-refractivity contribution is 0.0586. The average Bonchev–Trinajstić information content (AvgIpc) is 3.29. The molecule has 5 nitrogen and oxygen atoms in total. The highest BCUT2D eigenvalue weighted by molar-refractivity contribution is 5.85. The molecule has 2 aliphatic rings. The molecule has 2 saturated carbocycles. The zero-order valence-electron chi connectivity index (χ0n) is 12.1. The van der Waals surface area contributed by atoms with Crippen LogP contribution in [0.2, 0.25) is 0 Å². The first-order valence-corrected chi connectivity index (χ1v) is 7.35. The standard InChI is InChI=1S/C15H21N3O2/c1-9-7-13(18-14(17-9)15(19)20-2)16-8-12(10-3-4-10)11-5-6-11/h7,10-12H,3-6,8H2,1-2H3,(H,16,17,18). The monoisotopic (exact) mass is 275 g/mol. The van der Waals surface area contributed by atoms with Gasteiger partial charge in [0.1, 0.15) is 5.82 Å². The predicted molar refractivity (Wildman–Crippen MR) is 75.5 cm³/mol. The zero-order chi connectivity index (χ0) is 14.1. The Balaban J connectivity index is 1.66. The molecule has 1 N–H and O–H groups in total. The lowest BCUT2D eigenvalue weighted by Crippen LogP contribution is -2.20. The van der Waals surface area contributed by atoms with Crippen molar-refractivity contribution in [3.05, 3.63) is 17.6 Å². The molecule has 5 heteroatoms. The Morgan fingerprint density at radius 3 is 2.55 bits per heavy atom. The minimum Gasteiger partial charge on any atom is -0.463 e. The van der Waals surface area contributed by atoms with Crippen molar-refractivity contribution in [1.29, 1.82) is 0 Å². The van der Waals surface area contributed by atoms with Gasteiger partial charge in [-0.3, -0.25) is 0 Å². The van der Waals surface area contributed by atoms with Crippen LogP contribution in [0.5, 0.6) is 0 Å². The highest BCUT2D eigenvalue weighted by Crippen LogP contribution is 2.49. The maximum absolute atomic E-state index is 11.5. The third-order valence-electron chi connectivity index (χ3n) is 4.20. The van der Waals surface area contributed by atoms with Crippen LogP contribution in [0.1, 0.15) is 42.0 Å². The normalized spacial score (nSPS) is 18.1. The van der Waals surface area contributed by atoms with E-state index >= 15 is 0 Å². The number of ether oxygens (including phenoxy) is 1. The highest BCUT2D eigenvalue weighted by atomic mass is 16.5. The molecule has 0 radical (unpaired) electrons. The van der Waals surface area contributed by atoms with Crippen molar-refractivity contribution in [2.75, 3.05) is 19.0 Å². The number of carbonyl (C=O) groups is 1. The SMILES string of the molecule is COC(=O)c1nc(C)cc(NCC(C2CC2)C2CC2)n1. The average molecular weight is 275 g/mol. The molecule has 108 valence electrons. The Kier molecular flexibility index (Phi) is 3.59. The third kappa shape index (κ3) is 3.08. The van der Waals surface area contributed by atoms with Gasteiger partial charge < -0.3 is 10.1 Å². The summed E-state index contributed by atoms with van der Waals surface area (Å²) in [6.07, 6.45) is 5.50. The quantitative estimate of drug-likeness (QED) is 0.808. The predicted octanol–water partition coefficient (Wildman–Crippen LogP) is 2.42. The molecule has 1 heterocycles. The fourth-order valence-electron chi connectivity index (χ4n) is 2.83. The van der Waals surface area contributed by atoms with Crippen LogP contribution in [0.4, 0.5) is 5.82 Å². The van der Waals surface area contributed by atoms with Crippen molar-refractivity contribution in [1.82, 2.24) is 9.97 Å². The van der Waals surface area contributed by atoms with Gasteiger partial charge in [0.25, 0.3) is 0 Å². The summed E-state index contributed by atoms with van der Waals surface area (Å²) in [6.45, 7) is 2.81. The minimum absolute atomic E-state index is 0.129. The van der Waals surface area contributed by atoms with Crippen LogP contribution in [0.25, 0.3) is 0 Å². The van der Waals surface area contributed by atoms with Gasteiger partial charge in [0.05, 0.1) is 7.11 Å². The van der Waals surface area contributed by atoms with Crippen LogP contribution in [-0.4, -0.2) is 29.6 Å². The van der Waals surface area contributed by atoms with Gasteiger partial charge in [-0.05, 0) is 50.4 Å². The number of nitrogens with one attached hydrogen (secondary N) is 1. The van der Waals surface area contributed by atoms with Crippen LogP contribution in [0, 0.1) is 24.7 Å². The van der Waals surface area contributed by atoms with Gasteiger partial charge in [-0.2, -0.15) is 0 Å². The first-order valence-electron chi connectivity index (χ1n) is 7.35. The highest BCUT2D eigenvalue weighted by Gasteiger charge is 2.41. The van der Waals surface area contributed by atoms with Gasteiger partial charge in [0, 0.05) is 18.3 Å². The van der Waals surface area contributed by atoms with E-state index in [0.29, 0.717) is 0 Å². The Labute approximate surface area is 119 Å². The number of methoxy groups -OCH3 is 1. The fraction of sp³-hybridized carbons (Fsp3) is 0.667. The van der Waals surface area contributed by atoms with Crippen LogP contribution >= 0.6 is 0 Å². The van der Waals surface area contributed by atoms with E-state index in [-0.39, 0.29) is 5.82 Å². The maximum Gasteiger partial charge on any atom is 0.376 e. The van der Waals surface area contributed by atoms with Gasteiger partial charge in [-0.1, -0.05) is 0 Å². The van der Waals surface area contributed by atoms with Gasteiger partial charge in [0.15, 0.2) is 0 Å². The van der Waals surface area contributed by atoms with Crippen molar-refractivity contribution in [2.24, 2.45) is 17.8 Å². The molecule has 0 unspecified atom stereocenters. The molecule has 0 aliphatic heterocycles. The van der Waals surface area contributed by atoms with Crippen molar-refractivity contribution >= 4 is 11.8 Å². The molecule has 2 aliphatic carbocycles. The first kappa shape index (κ1) is 13.3. The largest absolute Gasteiger partial charge is 0.463 e. The Morgan fingerprint density at radius 1 is 1.35 bits per heavy atom. The van der Waals surface area contributed by atoms with Crippen LogP contribution < -0.4 is 5.32 Å². The fourth-order valence-corrected chi connectivity index (χ4v) is 2.83. The molecule has 2 fully saturated rings. The second kappa shape index (κ2) is 5.38. The van der Waals surface area contributed by atoms with E-state index in [1.165, 1.54) is 32.8 Å². The molecule has 1 aromatic rings. The van der Waals surface area contributed by atoms with E-state index in [1.807, 2.05) is 13.0 Å². The van der Waals surface area contributed by atoms with Gasteiger partial charge in [0.2, 0.25) is 5.82 Å². The Bertz CT molecular complexity index is 498. The number of aromatic nitrogens is 2. The lowest BCUT2D eigenvalue weighted by atomic mass is 9.98. The van der Waals surface area contributed by atoms with E-state index < -0.39 is 5.97 Å². The second-order valence-electron chi connectivity index (χ2n) is 5.93. The molecular formula is C15H21N3O2. The Morgan fingerprint density at radius 2 is 2.00 bits per heavy atom. The molecule has 0 bridgehead atoms. The van der Waals surface area contributed by atoms with Crippen molar-refractivity contribution < 1.29 is 9.53 Å². The van der Waals surface area contributed by atoms with E-state index in [9.17, 15) is 4.79 Å². The van der Waals surface area contributed by atoms with Crippen molar-refractivity contribution in [3.8, 4) is 0 Å². The van der Waals surface area contributed by atoms with Gasteiger partial charge in [-0.15, -0.1) is 0 Å². The summed E-state index contributed by atoms with van der Waals surface area (Å²) in [6, 6.07) is 1.88. The lowest BCUT2D eigenvalue weighted by Gasteiger charge is -2.17. The van der Waals surface area contributed by atoms with E-state index in [0.717, 1.165) is 35.8 Å². The summed E-state index contributed by atoms with van der Waals surface area (Å²) in [5.41, 5.74) is 0.775. The topological polar surface area (TPSA) is 64.1 Å². The van der Waals surface area contributed by atoms with E-state index in [2.05, 4.69) is 20.0 Å². The number of carbonyl (C=O) groups excluding carboxylic acids is 1. The molecule has 0 spiro atoms. The molecule has 0 atom stereocenters. The Hall–Kier alpha value is -1.65. The smallest absolute Gasteiger partial charge is 0.376 e. The van der Waals surface area contributed by atoms with E-state index in [4.69, 9.17) is 0 Å². The molecular weight excluding hydrogens is 254 g/mol. The molecule has 1 aromatic heterocycles. The summed E-state index contributed by atoms with van der Waals surface area (Å²) in [5, 5.41) is 3.39. The number of hydrogen-bond acceptors (Lipinski definition) is 5. The molecule has 0 saturated heterocycles. The molecule has 0 aromatic carbocycles. The van der Waals surface area contributed by atoms with Gasteiger partial charge >= 0.3 is 5.97 Å². The number of hydrogen-bond donors (Lipinski definition) is 1. The summed E-state index contributed by atoms with van der Waals surface area (Å²) < 4.78 is 4.68. The molecule has 20 heavy (non-hydrogen) atoms. The minimum atomic E-state index is -0.488. The summed E-state index contributed by atoms with van der Waals surface area (Å²) >= 11 is 0. The summed E-state index contributed by atoms with van der Waals surface area (Å²) in [4.78, 5) is 19.9. The van der Waals surface area contributed by atoms with E-state index in [1.54, 1.807) is 0 Å². The zero-order valence-corrected chi connectivity index (χ0v) is 12.1. The van der Waals surface area contributed by atoms with Gasteiger partial charge in [-0.25, -0.2) is 14.8 Å². The number of esters is 1. The maximum atomic E-state index is 11.5. The van der Waals surface area contributed by atoms with Crippen LogP contribution in [0.3, 0.4) is 0 Å². The number of rotatable bonds is 6. The third-order valence-corrected chi connectivity index (χ3v) is 4.20. The van der Waals surface area contributed by atoms with Crippen molar-refractivity contribution in [2.45, 2.75) is 32.6 Å². The second-order valence-corrected chi connectivity index (χ2v) is 5.93. The summed E-state index contributed by atoms with van der Waals surface area (Å²) in [7, 11) is 1.34. The van der Waals surface area contributed by atoms with Crippen molar-refractivity contribution in [3.63, 3.8) is 0 Å². The summed E-state index contributed by atoms with van der Waals surface area (Å²) in [5.74, 6) is 2.94. The van der Waals surface area contributed by atoms with Crippen LogP contribution in [-0.2, 0) is 4.74 Å². The first-order chi connectivity index (χ1) is 9.67. The van der Waals surface area contributed by atoms with Crippen LogP contribution in [0.15, 0.2) is 6.07 Å². The number of aryl methyl sites for hydroxylation is 1. The molecule has 0 amide bonds. The number of anilines is 1. The number of nitrogens with zero attached hydrogens (tertiary/aromatic N) is 2. The molecule has 3 rings (SSSR count).